The van der Waals surface area contributed by atoms with Crippen molar-refractivity contribution in [2.24, 2.45) is 0 Å². The van der Waals surface area contributed by atoms with E-state index in [1.807, 2.05) is 37.4 Å². The number of amides is 2. The van der Waals surface area contributed by atoms with Crippen LogP contribution in [0.5, 0.6) is 0 Å². The molecule has 1 aromatic rings. The number of aryl methyl sites for hydroxylation is 2. The zero-order valence-electron chi connectivity index (χ0n) is 14.1. The second kappa shape index (κ2) is 8.14. The van der Waals surface area contributed by atoms with Crippen LogP contribution in [-0.4, -0.2) is 49.1 Å². The van der Waals surface area contributed by atoms with Gasteiger partial charge in [-0.1, -0.05) is 18.2 Å². The topological polar surface area (TPSA) is 61.4 Å². The van der Waals surface area contributed by atoms with Crippen LogP contribution in [0.25, 0.3) is 0 Å². The molecule has 2 amide bonds. The molecule has 0 aliphatic rings. The van der Waals surface area contributed by atoms with Gasteiger partial charge in [0.15, 0.2) is 0 Å². The third-order valence-corrected chi connectivity index (χ3v) is 3.64. The third-order valence-electron chi connectivity index (χ3n) is 3.64. The number of hydrogen-bond acceptors (Lipinski definition) is 3. The summed E-state index contributed by atoms with van der Waals surface area (Å²) in [5, 5.41) is 4.57. The number of halogens is 3. The Labute approximate surface area is 139 Å². The Morgan fingerprint density at radius 2 is 1.75 bits per heavy atom. The summed E-state index contributed by atoms with van der Waals surface area (Å²) in [7, 11) is 1.50. The molecular formula is C16H22F3N3O2. The molecule has 5 nitrogen and oxygen atoms in total. The van der Waals surface area contributed by atoms with Gasteiger partial charge in [0, 0.05) is 5.69 Å². The lowest BCUT2D eigenvalue weighted by molar-refractivity contribution is -0.141. The maximum atomic E-state index is 12.1. The molecule has 0 fully saturated rings. The lowest BCUT2D eigenvalue weighted by Gasteiger charge is -2.24. The minimum atomic E-state index is -4.46. The van der Waals surface area contributed by atoms with Crippen molar-refractivity contribution < 1.29 is 22.8 Å². The fourth-order valence-corrected chi connectivity index (χ4v) is 2.09. The summed E-state index contributed by atoms with van der Waals surface area (Å²) in [6, 6.07) is 4.73. The second-order valence-electron chi connectivity index (χ2n) is 5.74. The van der Waals surface area contributed by atoms with Crippen molar-refractivity contribution >= 4 is 17.5 Å². The number of carbonyl (C=O) groups is 2. The van der Waals surface area contributed by atoms with E-state index in [9.17, 15) is 22.8 Å². The molecule has 0 aliphatic heterocycles. The number of hydrogen-bond donors (Lipinski definition) is 2. The van der Waals surface area contributed by atoms with Crippen LogP contribution >= 0.6 is 0 Å². The summed E-state index contributed by atoms with van der Waals surface area (Å²) >= 11 is 0. The maximum absolute atomic E-state index is 12.1. The first kappa shape index (κ1) is 20.0. The number of carbonyl (C=O) groups excluding carboxylic acids is 2. The Balaban J connectivity index is 2.58. The molecule has 0 heterocycles. The summed E-state index contributed by atoms with van der Waals surface area (Å²) in [5.74, 6) is -1.12. The molecule has 8 heteroatoms. The summed E-state index contributed by atoms with van der Waals surface area (Å²) < 4.78 is 36.3. The molecule has 134 valence electrons. The number of rotatable bonds is 6. The Bertz CT molecular complexity index is 582. The second-order valence-corrected chi connectivity index (χ2v) is 5.74. The van der Waals surface area contributed by atoms with Crippen LogP contribution in [0.1, 0.15) is 18.1 Å². The summed E-state index contributed by atoms with van der Waals surface area (Å²) in [4.78, 5) is 25.2. The van der Waals surface area contributed by atoms with E-state index in [0.717, 1.165) is 11.1 Å². The molecule has 0 saturated carbocycles. The standard InChI is InChI=1S/C16H22F3N3O2/c1-10-6-5-7-11(2)14(10)21-13(23)8-22(4)12(3)15(24)20-9-16(17,18)19/h5-7,12H,8-9H2,1-4H3,(H,20,24)(H,21,23). The molecule has 1 atom stereocenters. The predicted octanol–water partition coefficient (Wildman–Crippen LogP) is 2.24. The largest absolute Gasteiger partial charge is 0.405 e. The van der Waals surface area contributed by atoms with Gasteiger partial charge in [0.2, 0.25) is 11.8 Å². The van der Waals surface area contributed by atoms with Gasteiger partial charge in [-0.25, -0.2) is 0 Å². The minimum Gasteiger partial charge on any atom is -0.346 e. The molecule has 0 radical (unpaired) electrons. The zero-order chi connectivity index (χ0) is 18.5. The number of para-hydroxylation sites is 1. The monoisotopic (exact) mass is 345 g/mol. The highest BCUT2D eigenvalue weighted by atomic mass is 19.4. The highest BCUT2D eigenvalue weighted by Crippen LogP contribution is 2.19. The Morgan fingerprint density at radius 1 is 1.21 bits per heavy atom. The van der Waals surface area contributed by atoms with E-state index in [0.29, 0.717) is 5.69 Å². The number of alkyl halides is 3. The molecule has 0 bridgehead atoms. The van der Waals surface area contributed by atoms with Crippen LogP contribution in [-0.2, 0) is 9.59 Å². The van der Waals surface area contributed by atoms with E-state index < -0.39 is 24.7 Å². The molecule has 24 heavy (non-hydrogen) atoms. The van der Waals surface area contributed by atoms with E-state index in [1.54, 1.807) is 0 Å². The third kappa shape index (κ3) is 6.19. The van der Waals surface area contributed by atoms with Crippen molar-refractivity contribution in [2.45, 2.75) is 33.0 Å². The first-order chi connectivity index (χ1) is 11.0. The highest BCUT2D eigenvalue weighted by Gasteiger charge is 2.29. The molecule has 1 aromatic carbocycles. The van der Waals surface area contributed by atoms with E-state index in [2.05, 4.69) is 5.32 Å². The number of nitrogens with one attached hydrogen (secondary N) is 2. The van der Waals surface area contributed by atoms with Crippen molar-refractivity contribution in [3.05, 3.63) is 29.3 Å². The Hall–Kier alpha value is -2.09. The fourth-order valence-electron chi connectivity index (χ4n) is 2.09. The van der Waals surface area contributed by atoms with Gasteiger partial charge in [-0.2, -0.15) is 13.2 Å². The normalized spacial score (nSPS) is 12.8. The van der Waals surface area contributed by atoms with E-state index in [1.165, 1.54) is 18.9 Å². The molecule has 1 rings (SSSR count). The van der Waals surface area contributed by atoms with Gasteiger partial charge in [-0.05, 0) is 38.9 Å². The van der Waals surface area contributed by atoms with Crippen molar-refractivity contribution in [3.8, 4) is 0 Å². The summed E-state index contributed by atoms with van der Waals surface area (Å²) in [5.41, 5.74) is 2.51. The van der Waals surface area contributed by atoms with Gasteiger partial charge in [0.1, 0.15) is 6.54 Å². The van der Waals surface area contributed by atoms with E-state index >= 15 is 0 Å². The zero-order valence-corrected chi connectivity index (χ0v) is 14.1. The van der Waals surface area contributed by atoms with Crippen molar-refractivity contribution in [1.82, 2.24) is 10.2 Å². The lowest BCUT2D eigenvalue weighted by Crippen LogP contribution is -2.47. The molecule has 0 aliphatic carbocycles. The van der Waals surface area contributed by atoms with Crippen molar-refractivity contribution in [2.75, 3.05) is 25.5 Å². The summed E-state index contributed by atoms with van der Waals surface area (Å²) in [6.45, 7) is 3.66. The van der Waals surface area contributed by atoms with E-state index in [4.69, 9.17) is 0 Å². The van der Waals surface area contributed by atoms with Gasteiger partial charge in [0.05, 0.1) is 12.6 Å². The average Bonchev–Trinajstić information content (AvgIpc) is 2.47. The van der Waals surface area contributed by atoms with Gasteiger partial charge in [-0.3, -0.25) is 14.5 Å². The molecule has 1 unspecified atom stereocenters. The average molecular weight is 345 g/mol. The highest BCUT2D eigenvalue weighted by molar-refractivity contribution is 5.94. The first-order valence-electron chi connectivity index (χ1n) is 7.42. The van der Waals surface area contributed by atoms with Crippen molar-refractivity contribution in [1.29, 1.82) is 0 Å². The van der Waals surface area contributed by atoms with E-state index in [-0.39, 0.29) is 12.5 Å². The van der Waals surface area contributed by atoms with Crippen LogP contribution in [0, 0.1) is 13.8 Å². The van der Waals surface area contributed by atoms with Crippen LogP contribution in [0.3, 0.4) is 0 Å². The Morgan fingerprint density at radius 3 is 2.25 bits per heavy atom. The maximum Gasteiger partial charge on any atom is 0.405 e. The predicted molar refractivity (Wildman–Crippen MR) is 85.7 cm³/mol. The van der Waals surface area contributed by atoms with Gasteiger partial charge >= 0.3 is 6.18 Å². The number of anilines is 1. The fraction of sp³-hybridized carbons (Fsp3) is 0.500. The molecule has 0 saturated heterocycles. The van der Waals surface area contributed by atoms with Crippen LogP contribution in [0.15, 0.2) is 18.2 Å². The minimum absolute atomic E-state index is 0.117. The van der Waals surface area contributed by atoms with Crippen LogP contribution < -0.4 is 10.6 Å². The van der Waals surface area contributed by atoms with Gasteiger partial charge in [-0.15, -0.1) is 0 Å². The van der Waals surface area contributed by atoms with Gasteiger partial charge < -0.3 is 10.6 Å². The van der Waals surface area contributed by atoms with Crippen LogP contribution in [0.2, 0.25) is 0 Å². The first-order valence-corrected chi connectivity index (χ1v) is 7.42. The van der Waals surface area contributed by atoms with Crippen molar-refractivity contribution in [3.63, 3.8) is 0 Å². The number of nitrogens with zero attached hydrogens (tertiary/aromatic N) is 1. The van der Waals surface area contributed by atoms with Gasteiger partial charge in [0.25, 0.3) is 0 Å². The van der Waals surface area contributed by atoms with Crippen LogP contribution in [0.4, 0.5) is 18.9 Å². The Kier molecular flexibility index (Phi) is 6.77. The molecule has 0 aromatic heterocycles. The smallest absolute Gasteiger partial charge is 0.346 e. The lowest BCUT2D eigenvalue weighted by atomic mass is 10.1. The number of likely N-dealkylation sites (N-methyl/N-ethyl adjacent to an activating group) is 1. The SMILES string of the molecule is Cc1cccc(C)c1NC(=O)CN(C)C(C)C(=O)NCC(F)(F)F. The molecular weight excluding hydrogens is 323 g/mol. The quantitative estimate of drug-likeness (QED) is 0.831. The molecule has 2 N–H and O–H groups in total. The number of benzene rings is 1. The summed E-state index contributed by atoms with van der Waals surface area (Å²) in [6.07, 6.45) is -4.46. The molecule has 0 spiro atoms.